The van der Waals surface area contributed by atoms with E-state index in [1.165, 1.54) is 5.56 Å². The van der Waals surface area contributed by atoms with Gasteiger partial charge in [-0.25, -0.2) is 4.98 Å². The zero-order valence-electron chi connectivity index (χ0n) is 16.5. The number of imidazole rings is 1. The van der Waals surface area contributed by atoms with Crippen LogP contribution in [0.2, 0.25) is 0 Å². The summed E-state index contributed by atoms with van der Waals surface area (Å²) in [6, 6.07) is 15.5. The van der Waals surface area contributed by atoms with Crippen LogP contribution in [0, 0.1) is 5.92 Å². The molecule has 0 spiro atoms. The lowest BCUT2D eigenvalue weighted by molar-refractivity contribution is -0.124. The maximum absolute atomic E-state index is 12.6. The van der Waals surface area contributed by atoms with Crippen molar-refractivity contribution >= 4 is 28.5 Å². The SMILES string of the molecule is CCc1ccc(NC(=O)Cn2c(CNC(=O)C(C)C)nc3ccccc32)cc1. The van der Waals surface area contributed by atoms with Crippen molar-refractivity contribution in [3.05, 3.63) is 59.9 Å². The number of amides is 2. The first-order chi connectivity index (χ1) is 13.5. The number of carbonyl (C=O) groups is 2. The highest BCUT2D eigenvalue weighted by Crippen LogP contribution is 2.17. The van der Waals surface area contributed by atoms with Crippen molar-refractivity contribution in [3.63, 3.8) is 0 Å². The minimum atomic E-state index is -0.135. The van der Waals surface area contributed by atoms with Crippen molar-refractivity contribution in [2.75, 3.05) is 5.32 Å². The molecule has 0 fully saturated rings. The van der Waals surface area contributed by atoms with Gasteiger partial charge >= 0.3 is 0 Å². The van der Waals surface area contributed by atoms with Crippen LogP contribution in [0.5, 0.6) is 0 Å². The first kappa shape index (κ1) is 19.6. The van der Waals surface area contributed by atoms with Crippen LogP contribution < -0.4 is 10.6 Å². The van der Waals surface area contributed by atoms with Crippen LogP contribution in [0.15, 0.2) is 48.5 Å². The van der Waals surface area contributed by atoms with Gasteiger partial charge < -0.3 is 15.2 Å². The van der Waals surface area contributed by atoms with Gasteiger partial charge in [0.25, 0.3) is 0 Å². The maximum Gasteiger partial charge on any atom is 0.244 e. The number of hydrogen-bond acceptors (Lipinski definition) is 3. The van der Waals surface area contributed by atoms with E-state index in [9.17, 15) is 9.59 Å². The highest BCUT2D eigenvalue weighted by Gasteiger charge is 2.15. The molecular weight excluding hydrogens is 352 g/mol. The second kappa shape index (κ2) is 8.69. The van der Waals surface area contributed by atoms with Gasteiger partial charge in [-0.3, -0.25) is 9.59 Å². The summed E-state index contributed by atoms with van der Waals surface area (Å²) in [5.74, 6) is 0.377. The van der Waals surface area contributed by atoms with Crippen molar-refractivity contribution in [3.8, 4) is 0 Å². The number of nitrogens with one attached hydrogen (secondary N) is 2. The first-order valence-electron chi connectivity index (χ1n) is 9.58. The summed E-state index contributed by atoms with van der Waals surface area (Å²) >= 11 is 0. The predicted molar refractivity (Wildman–Crippen MR) is 111 cm³/mol. The number of para-hydroxylation sites is 2. The first-order valence-corrected chi connectivity index (χ1v) is 9.58. The summed E-state index contributed by atoms with van der Waals surface area (Å²) in [5.41, 5.74) is 3.66. The number of anilines is 1. The third-order valence-electron chi connectivity index (χ3n) is 4.63. The van der Waals surface area contributed by atoms with Gasteiger partial charge in [0.05, 0.1) is 17.6 Å². The molecule has 2 N–H and O–H groups in total. The fourth-order valence-electron chi connectivity index (χ4n) is 2.97. The largest absolute Gasteiger partial charge is 0.349 e. The molecule has 6 heteroatoms. The third kappa shape index (κ3) is 4.57. The van der Waals surface area contributed by atoms with Crippen LogP contribution >= 0.6 is 0 Å². The van der Waals surface area contributed by atoms with E-state index in [0.717, 1.165) is 23.1 Å². The molecule has 3 aromatic rings. The lowest BCUT2D eigenvalue weighted by atomic mass is 10.1. The van der Waals surface area contributed by atoms with Crippen molar-refractivity contribution in [2.24, 2.45) is 5.92 Å². The summed E-state index contributed by atoms with van der Waals surface area (Å²) in [6.07, 6.45) is 0.959. The van der Waals surface area contributed by atoms with E-state index in [0.29, 0.717) is 5.82 Å². The molecule has 0 aliphatic carbocycles. The van der Waals surface area contributed by atoms with Crippen LogP contribution in [0.1, 0.15) is 32.2 Å². The van der Waals surface area contributed by atoms with E-state index >= 15 is 0 Å². The van der Waals surface area contributed by atoms with Gasteiger partial charge in [0.15, 0.2) is 0 Å². The molecule has 1 aromatic heterocycles. The number of aryl methyl sites for hydroxylation is 1. The zero-order valence-corrected chi connectivity index (χ0v) is 16.5. The average molecular weight is 378 g/mol. The highest BCUT2D eigenvalue weighted by atomic mass is 16.2. The molecule has 0 saturated heterocycles. The van der Waals surface area contributed by atoms with Crippen LogP contribution in [0.25, 0.3) is 11.0 Å². The van der Waals surface area contributed by atoms with E-state index in [-0.39, 0.29) is 30.8 Å². The zero-order chi connectivity index (χ0) is 20.1. The second-order valence-corrected chi connectivity index (χ2v) is 7.07. The molecule has 0 aliphatic heterocycles. The minimum Gasteiger partial charge on any atom is -0.349 e. The van der Waals surface area contributed by atoms with Crippen LogP contribution in [-0.2, 0) is 29.1 Å². The fraction of sp³-hybridized carbons (Fsp3) is 0.318. The summed E-state index contributed by atoms with van der Waals surface area (Å²) in [7, 11) is 0. The molecule has 3 rings (SSSR count). The Kier molecular flexibility index (Phi) is 6.09. The quantitative estimate of drug-likeness (QED) is 0.661. The highest BCUT2D eigenvalue weighted by molar-refractivity contribution is 5.91. The summed E-state index contributed by atoms with van der Waals surface area (Å²) < 4.78 is 1.85. The number of rotatable bonds is 7. The van der Waals surface area contributed by atoms with Crippen LogP contribution in [0.3, 0.4) is 0 Å². The topological polar surface area (TPSA) is 76.0 Å². The normalized spacial score (nSPS) is 11.0. The molecular formula is C22H26N4O2. The molecule has 146 valence electrons. The molecule has 28 heavy (non-hydrogen) atoms. The van der Waals surface area contributed by atoms with Gasteiger partial charge in [0.2, 0.25) is 11.8 Å². The molecule has 0 atom stereocenters. The molecule has 1 heterocycles. The van der Waals surface area contributed by atoms with Gasteiger partial charge in [-0.1, -0.05) is 45.0 Å². The van der Waals surface area contributed by atoms with E-state index in [2.05, 4.69) is 22.5 Å². The van der Waals surface area contributed by atoms with E-state index < -0.39 is 0 Å². The molecule has 0 radical (unpaired) electrons. The Bertz CT molecular complexity index is 974. The van der Waals surface area contributed by atoms with Crippen molar-refractivity contribution in [2.45, 2.75) is 40.3 Å². The van der Waals surface area contributed by atoms with Gasteiger partial charge in [-0.15, -0.1) is 0 Å². The van der Waals surface area contributed by atoms with Crippen LogP contribution in [-0.4, -0.2) is 21.4 Å². The second-order valence-electron chi connectivity index (χ2n) is 7.07. The molecule has 0 aliphatic rings. The van der Waals surface area contributed by atoms with Gasteiger partial charge in [0, 0.05) is 11.6 Å². The molecule has 6 nitrogen and oxygen atoms in total. The Morgan fingerprint density at radius 1 is 1.07 bits per heavy atom. The number of carbonyl (C=O) groups excluding carboxylic acids is 2. The van der Waals surface area contributed by atoms with Gasteiger partial charge in [-0.2, -0.15) is 0 Å². The van der Waals surface area contributed by atoms with E-state index in [1.807, 2.05) is 66.9 Å². The molecule has 0 unspecified atom stereocenters. The predicted octanol–water partition coefficient (Wildman–Crippen LogP) is 3.51. The molecule has 2 aromatic carbocycles. The van der Waals surface area contributed by atoms with Crippen molar-refractivity contribution in [1.82, 2.24) is 14.9 Å². The van der Waals surface area contributed by atoms with E-state index in [1.54, 1.807) is 0 Å². The third-order valence-corrected chi connectivity index (χ3v) is 4.63. The number of hydrogen-bond donors (Lipinski definition) is 2. The van der Waals surface area contributed by atoms with Crippen molar-refractivity contribution < 1.29 is 9.59 Å². The molecule has 0 bridgehead atoms. The maximum atomic E-state index is 12.6. The Labute approximate surface area is 165 Å². The smallest absolute Gasteiger partial charge is 0.244 e. The van der Waals surface area contributed by atoms with Gasteiger partial charge in [-0.05, 0) is 36.2 Å². The van der Waals surface area contributed by atoms with Crippen molar-refractivity contribution in [1.29, 1.82) is 0 Å². The number of benzene rings is 2. The fourth-order valence-corrected chi connectivity index (χ4v) is 2.97. The average Bonchev–Trinajstić information content (AvgIpc) is 3.04. The molecule has 0 saturated carbocycles. The standard InChI is InChI=1S/C22H26N4O2/c1-4-16-9-11-17(12-10-16)24-21(27)14-26-19-8-6-5-7-18(19)25-20(26)13-23-22(28)15(2)3/h5-12,15H,4,13-14H2,1-3H3,(H,23,28)(H,24,27). The monoisotopic (exact) mass is 378 g/mol. The van der Waals surface area contributed by atoms with E-state index in [4.69, 9.17) is 0 Å². The summed E-state index contributed by atoms with van der Waals surface area (Å²) in [6.45, 7) is 6.19. The molecule has 2 amide bonds. The van der Waals surface area contributed by atoms with Gasteiger partial charge in [0.1, 0.15) is 12.4 Å². The Morgan fingerprint density at radius 3 is 2.46 bits per heavy atom. The Balaban J connectivity index is 1.78. The van der Waals surface area contributed by atoms with Crippen LogP contribution in [0.4, 0.5) is 5.69 Å². The Morgan fingerprint density at radius 2 is 1.79 bits per heavy atom. The summed E-state index contributed by atoms with van der Waals surface area (Å²) in [5, 5.41) is 5.81. The number of aromatic nitrogens is 2. The lowest BCUT2D eigenvalue weighted by Crippen LogP contribution is -2.29. The number of fused-ring (bicyclic) bond motifs is 1. The number of nitrogens with zero attached hydrogens (tertiary/aromatic N) is 2. The Hall–Kier alpha value is -3.15. The minimum absolute atomic E-state index is 0.0425. The summed E-state index contributed by atoms with van der Waals surface area (Å²) in [4.78, 5) is 29.2. The lowest BCUT2D eigenvalue weighted by Gasteiger charge is -2.12.